The zero-order valence-corrected chi connectivity index (χ0v) is 11.5. The fourth-order valence-electron chi connectivity index (χ4n) is 2.85. The number of esters is 1. The summed E-state index contributed by atoms with van der Waals surface area (Å²) in [7, 11) is 1.31. The van der Waals surface area contributed by atoms with E-state index < -0.39 is 17.1 Å². The van der Waals surface area contributed by atoms with Gasteiger partial charge in [-0.25, -0.2) is 4.79 Å². The van der Waals surface area contributed by atoms with Crippen molar-refractivity contribution in [1.29, 1.82) is 0 Å². The maximum absolute atomic E-state index is 12.2. The van der Waals surface area contributed by atoms with Gasteiger partial charge in [0, 0.05) is 0 Å². The van der Waals surface area contributed by atoms with Crippen molar-refractivity contribution in [1.82, 2.24) is 5.32 Å². The Bertz CT molecular complexity index is 440. The number of hydrogen-bond donors (Lipinski definition) is 2. The van der Waals surface area contributed by atoms with Crippen LogP contribution in [0.3, 0.4) is 0 Å². The van der Waals surface area contributed by atoms with E-state index in [-0.39, 0.29) is 0 Å². The third-order valence-electron chi connectivity index (χ3n) is 4.09. The standard InChI is InChI=1S/C15H21NO3/c1-14(10-6-7-11-16-14)15(18,13(17)19-2)12-8-4-3-5-9-12/h3-5,8-9,16,18H,6-7,10-11H2,1-2H3/t14-,15-/m0/s1. The summed E-state index contributed by atoms with van der Waals surface area (Å²) < 4.78 is 4.86. The van der Waals surface area contributed by atoms with Crippen LogP contribution in [0, 0.1) is 0 Å². The highest BCUT2D eigenvalue weighted by molar-refractivity contribution is 5.83. The van der Waals surface area contributed by atoms with E-state index >= 15 is 0 Å². The number of aliphatic hydroxyl groups is 1. The molecule has 1 aromatic carbocycles. The van der Waals surface area contributed by atoms with Gasteiger partial charge in [-0.15, -0.1) is 0 Å². The molecule has 19 heavy (non-hydrogen) atoms. The topological polar surface area (TPSA) is 58.6 Å². The molecule has 0 saturated carbocycles. The Balaban J connectivity index is 2.48. The molecule has 1 aliphatic heterocycles. The highest BCUT2D eigenvalue weighted by Crippen LogP contribution is 2.39. The van der Waals surface area contributed by atoms with E-state index in [0.717, 1.165) is 25.8 Å². The summed E-state index contributed by atoms with van der Waals surface area (Å²) in [6.45, 7) is 2.68. The van der Waals surface area contributed by atoms with Crippen LogP contribution in [0.25, 0.3) is 0 Å². The van der Waals surface area contributed by atoms with Crippen LogP contribution in [0.15, 0.2) is 30.3 Å². The first-order chi connectivity index (χ1) is 9.04. The molecule has 1 saturated heterocycles. The van der Waals surface area contributed by atoms with E-state index in [0.29, 0.717) is 5.56 Å². The Labute approximate surface area is 113 Å². The van der Waals surface area contributed by atoms with Crippen molar-refractivity contribution < 1.29 is 14.6 Å². The lowest BCUT2D eigenvalue weighted by atomic mass is 9.71. The molecule has 104 valence electrons. The first-order valence-corrected chi connectivity index (χ1v) is 6.66. The minimum Gasteiger partial charge on any atom is -0.467 e. The molecule has 2 rings (SSSR count). The molecular weight excluding hydrogens is 242 g/mol. The Kier molecular flexibility index (Phi) is 3.92. The summed E-state index contributed by atoms with van der Waals surface area (Å²) >= 11 is 0. The number of nitrogens with one attached hydrogen (secondary N) is 1. The molecule has 4 heteroatoms. The van der Waals surface area contributed by atoms with Gasteiger partial charge in [-0.1, -0.05) is 36.8 Å². The van der Waals surface area contributed by atoms with Gasteiger partial charge in [0.2, 0.25) is 5.60 Å². The summed E-state index contributed by atoms with van der Waals surface area (Å²) in [5.74, 6) is -0.615. The Hall–Kier alpha value is -1.39. The second-order valence-corrected chi connectivity index (χ2v) is 5.28. The molecule has 1 heterocycles. The van der Waals surface area contributed by atoms with Crippen molar-refractivity contribution >= 4 is 5.97 Å². The summed E-state index contributed by atoms with van der Waals surface area (Å²) in [6.07, 6.45) is 2.77. The largest absolute Gasteiger partial charge is 0.467 e. The normalized spacial score (nSPS) is 26.5. The highest BCUT2D eigenvalue weighted by atomic mass is 16.5. The zero-order chi connectivity index (χ0) is 13.9. The van der Waals surface area contributed by atoms with Crippen molar-refractivity contribution in [3.63, 3.8) is 0 Å². The molecule has 0 spiro atoms. The van der Waals surface area contributed by atoms with E-state index in [4.69, 9.17) is 4.74 Å². The fourth-order valence-corrected chi connectivity index (χ4v) is 2.85. The molecular formula is C15H21NO3. The van der Waals surface area contributed by atoms with Crippen LogP contribution in [-0.4, -0.2) is 30.3 Å². The smallest absolute Gasteiger partial charge is 0.344 e. The Morgan fingerprint density at radius 2 is 2.05 bits per heavy atom. The lowest BCUT2D eigenvalue weighted by molar-refractivity contribution is -0.175. The maximum Gasteiger partial charge on any atom is 0.344 e. The van der Waals surface area contributed by atoms with Gasteiger partial charge < -0.3 is 15.2 Å². The molecule has 1 aromatic rings. The van der Waals surface area contributed by atoms with E-state index in [2.05, 4.69) is 5.32 Å². The second-order valence-electron chi connectivity index (χ2n) is 5.28. The van der Waals surface area contributed by atoms with Crippen LogP contribution in [0.2, 0.25) is 0 Å². The first-order valence-electron chi connectivity index (χ1n) is 6.66. The van der Waals surface area contributed by atoms with Gasteiger partial charge in [0.15, 0.2) is 0 Å². The van der Waals surface area contributed by atoms with Crippen LogP contribution in [-0.2, 0) is 15.1 Å². The molecule has 0 aliphatic carbocycles. The number of benzene rings is 1. The second kappa shape index (κ2) is 5.31. The number of hydrogen-bond acceptors (Lipinski definition) is 4. The minimum atomic E-state index is -1.66. The third kappa shape index (κ3) is 2.26. The number of piperidine rings is 1. The third-order valence-corrected chi connectivity index (χ3v) is 4.09. The van der Waals surface area contributed by atoms with Gasteiger partial charge in [0.25, 0.3) is 0 Å². The van der Waals surface area contributed by atoms with Gasteiger partial charge in [-0.05, 0) is 31.9 Å². The average Bonchev–Trinajstić information content (AvgIpc) is 2.47. The van der Waals surface area contributed by atoms with Crippen molar-refractivity contribution in [2.75, 3.05) is 13.7 Å². The lowest BCUT2D eigenvalue weighted by Gasteiger charge is -2.46. The molecule has 1 aliphatic rings. The number of methoxy groups -OCH3 is 1. The molecule has 0 aromatic heterocycles. The summed E-state index contributed by atoms with van der Waals surface area (Å²) in [5, 5.41) is 14.4. The predicted molar refractivity (Wildman–Crippen MR) is 72.6 cm³/mol. The van der Waals surface area contributed by atoms with Gasteiger partial charge in [-0.2, -0.15) is 0 Å². The molecule has 1 fully saturated rings. The van der Waals surface area contributed by atoms with Gasteiger partial charge in [0.1, 0.15) is 0 Å². The van der Waals surface area contributed by atoms with Crippen LogP contribution < -0.4 is 5.32 Å². The number of rotatable bonds is 3. The lowest BCUT2D eigenvalue weighted by Crippen LogP contribution is -2.64. The van der Waals surface area contributed by atoms with Crippen LogP contribution in [0.1, 0.15) is 31.7 Å². The predicted octanol–water partition coefficient (Wildman–Crippen LogP) is 1.58. The van der Waals surface area contributed by atoms with Crippen LogP contribution in [0.4, 0.5) is 0 Å². The van der Waals surface area contributed by atoms with Crippen molar-refractivity contribution in [3.05, 3.63) is 35.9 Å². The number of ether oxygens (including phenoxy) is 1. The van der Waals surface area contributed by atoms with Gasteiger partial charge in [0.05, 0.1) is 12.6 Å². The number of carbonyl (C=O) groups is 1. The summed E-state index contributed by atoms with van der Waals surface area (Å²) in [5.41, 5.74) is -1.80. The Morgan fingerprint density at radius 3 is 2.58 bits per heavy atom. The minimum absolute atomic E-state index is 0.568. The highest BCUT2D eigenvalue weighted by Gasteiger charge is 2.55. The molecule has 0 unspecified atom stereocenters. The molecule has 0 radical (unpaired) electrons. The SMILES string of the molecule is COC(=O)[C@@](O)(c1ccccc1)[C@]1(C)CCCCN1. The van der Waals surface area contributed by atoms with E-state index in [9.17, 15) is 9.90 Å². The van der Waals surface area contributed by atoms with Crippen molar-refractivity contribution in [3.8, 4) is 0 Å². The van der Waals surface area contributed by atoms with E-state index in [1.54, 1.807) is 12.1 Å². The summed E-state index contributed by atoms with van der Waals surface area (Å²) in [6, 6.07) is 9.01. The maximum atomic E-state index is 12.2. The molecule has 4 nitrogen and oxygen atoms in total. The molecule has 0 bridgehead atoms. The van der Waals surface area contributed by atoms with E-state index in [1.165, 1.54) is 7.11 Å². The molecule has 2 N–H and O–H groups in total. The van der Waals surface area contributed by atoms with Crippen molar-refractivity contribution in [2.45, 2.75) is 37.3 Å². The monoisotopic (exact) mass is 263 g/mol. The van der Waals surface area contributed by atoms with Gasteiger partial charge in [-0.3, -0.25) is 0 Å². The average molecular weight is 263 g/mol. The fraction of sp³-hybridized carbons (Fsp3) is 0.533. The quantitative estimate of drug-likeness (QED) is 0.813. The zero-order valence-electron chi connectivity index (χ0n) is 11.5. The van der Waals surface area contributed by atoms with Crippen LogP contribution in [0.5, 0.6) is 0 Å². The number of carbonyl (C=O) groups excluding carboxylic acids is 1. The van der Waals surface area contributed by atoms with E-state index in [1.807, 2.05) is 25.1 Å². The summed E-state index contributed by atoms with van der Waals surface area (Å²) in [4.78, 5) is 12.2. The molecule has 2 atom stereocenters. The van der Waals surface area contributed by atoms with Gasteiger partial charge >= 0.3 is 5.97 Å². The van der Waals surface area contributed by atoms with Crippen LogP contribution >= 0.6 is 0 Å². The Morgan fingerprint density at radius 1 is 1.37 bits per heavy atom. The first kappa shape index (κ1) is 14.0. The van der Waals surface area contributed by atoms with Crippen molar-refractivity contribution in [2.24, 2.45) is 0 Å². The molecule has 0 amide bonds.